The van der Waals surface area contributed by atoms with Crippen molar-refractivity contribution in [1.29, 1.82) is 0 Å². The molecule has 20 heavy (non-hydrogen) atoms. The second kappa shape index (κ2) is 7.53. The number of carbonyl (C=O) groups is 1. The number of carbonyl (C=O) groups excluding carboxylic acids is 1. The summed E-state index contributed by atoms with van der Waals surface area (Å²) in [6.07, 6.45) is 0.853. The fourth-order valence-electron chi connectivity index (χ4n) is 1.82. The summed E-state index contributed by atoms with van der Waals surface area (Å²) in [4.78, 5) is 12.0. The van der Waals surface area contributed by atoms with Crippen molar-refractivity contribution in [3.63, 3.8) is 0 Å². The van der Waals surface area contributed by atoms with E-state index < -0.39 is 0 Å². The second-order valence-corrected chi connectivity index (χ2v) is 4.96. The van der Waals surface area contributed by atoms with Crippen molar-refractivity contribution in [3.8, 4) is 11.5 Å². The molecule has 0 heterocycles. The Bertz CT molecular complexity index is 496. The normalized spacial score (nSPS) is 11.4. The van der Waals surface area contributed by atoms with Gasteiger partial charge in [0.15, 0.2) is 11.5 Å². The van der Waals surface area contributed by atoms with Crippen molar-refractivity contribution in [1.82, 2.24) is 5.43 Å². The van der Waals surface area contributed by atoms with Gasteiger partial charge in [0.25, 0.3) is 5.91 Å². The molecular weight excluding hydrogens is 256 g/mol. The highest BCUT2D eigenvalue weighted by atomic mass is 16.5. The molecule has 0 aliphatic heterocycles. The van der Waals surface area contributed by atoms with Crippen LogP contribution in [0.25, 0.3) is 0 Å². The maximum Gasteiger partial charge on any atom is 0.271 e. The molecule has 1 rings (SSSR count). The summed E-state index contributed by atoms with van der Waals surface area (Å²) in [6, 6.07) is 4.99. The Morgan fingerprint density at radius 3 is 2.45 bits per heavy atom. The first-order valence-electron chi connectivity index (χ1n) is 6.53. The molecule has 0 fully saturated rings. The van der Waals surface area contributed by atoms with E-state index in [9.17, 15) is 4.79 Å². The Hall–Kier alpha value is -2.04. The van der Waals surface area contributed by atoms with Gasteiger partial charge in [-0.2, -0.15) is 5.10 Å². The third kappa shape index (κ3) is 4.57. The molecule has 5 heteroatoms. The summed E-state index contributed by atoms with van der Waals surface area (Å²) in [5.41, 5.74) is 3.92. The highest BCUT2D eigenvalue weighted by Gasteiger charge is 2.10. The lowest BCUT2D eigenvalue weighted by atomic mass is 10.1. The zero-order chi connectivity index (χ0) is 15.1. The van der Waals surface area contributed by atoms with Crippen LogP contribution < -0.4 is 14.9 Å². The monoisotopic (exact) mass is 278 g/mol. The van der Waals surface area contributed by atoms with Gasteiger partial charge in [0, 0.05) is 11.3 Å². The van der Waals surface area contributed by atoms with E-state index in [1.807, 2.05) is 6.92 Å². The van der Waals surface area contributed by atoms with Gasteiger partial charge >= 0.3 is 0 Å². The van der Waals surface area contributed by atoms with Gasteiger partial charge in [0.2, 0.25) is 0 Å². The molecule has 0 unspecified atom stereocenters. The molecule has 5 nitrogen and oxygen atoms in total. The van der Waals surface area contributed by atoms with Crippen LogP contribution in [0.5, 0.6) is 11.5 Å². The van der Waals surface area contributed by atoms with Gasteiger partial charge in [0.05, 0.1) is 14.2 Å². The first-order valence-corrected chi connectivity index (χ1v) is 6.53. The van der Waals surface area contributed by atoms with Crippen LogP contribution in [-0.2, 0) is 0 Å². The van der Waals surface area contributed by atoms with Crippen LogP contribution in [0.3, 0.4) is 0 Å². The maximum atomic E-state index is 12.0. The standard InChI is InChI=1S/C15H22N2O3/c1-10(2)8-11(3)16-17-15(18)12-6-7-13(19-4)14(9-12)20-5/h6-7,9-10H,8H2,1-5H3,(H,17,18)/b16-11+. The molecule has 0 saturated heterocycles. The van der Waals surface area contributed by atoms with Crippen molar-refractivity contribution < 1.29 is 14.3 Å². The number of hydrogen-bond acceptors (Lipinski definition) is 4. The Morgan fingerprint density at radius 2 is 1.90 bits per heavy atom. The molecule has 0 aromatic heterocycles. The Labute approximate surface area is 120 Å². The molecule has 0 aliphatic carbocycles. The van der Waals surface area contributed by atoms with Gasteiger partial charge in [-0.25, -0.2) is 5.43 Å². The number of nitrogens with one attached hydrogen (secondary N) is 1. The lowest BCUT2D eigenvalue weighted by molar-refractivity contribution is 0.0954. The molecule has 110 valence electrons. The third-order valence-corrected chi connectivity index (χ3v) is 2.70. The van der Waals surface area contributed by atoms with Crippen LogP contribution in [-0.4, -0.2) is 25.8 Å². The summed E-state index contributed by atoms with van der Waals surface area (Å²) in [5.74, 6) is 1.34. The van der Waals surface area contributed by atoms with Crippen LogP contribution in [0, 0.1) is 5.92 Å². The Balaban J connectivity index is 2.78. The topological polar surface area (TPSA) is 59.9 Å². The lowest BCUT2D eigenvalue weighted by Crippen LogP contribution is -2.19. The molecule has 1 N–H and O–H groups in total. The average Bonchev–Trinajstić information content (AvgIpc) is 2.43. The van der Waals surface area contributed by atoms with Crippen molar-refractivity contribution >= 4 is 11.6 Å². The zero-order valence-electron chi connectivity index (χ0n) is 12.7. The molecule has 1 amide bonds. The van der Waals surface area contributed by atoms with E-state index in [-0.39, 0.29) is 5.91 Å². The number of nitrogens with zero attached hydrogens (tertiary/aromatic N) is 1. The number of amides is 1. The van der Waals surface area contributed by atoms with E-state index >= 15 is 0 Å². The van der Waals surface area contributed by atoms with Crippen LogP contribution in [0.1, 0.15) is 37.6 Å². The summed E-state index contributed by atoms with van der Waals surface area (Å²) in [6.45, 7) is 6.11. The minimum Gasteiger partial charge on any atom is -0.493 e. The molecule has 0 aliphatic rings. The van der Waals surface area contributed by atoms with Crippen LogP contribution in [0.2, 0.25) is 0 Å². The number of hydrogen-bond donors (Lipinski definition) is 1. The number of rotatable bonds is 6. The smallest absolute Gasteiger partial charge is 0.271 e. The van der Waals surface area contributed by atoms with Crippen molar-refractivity contribution in [2.24, 2.45) is 11.0 Å². The van der Waals surface area contributed by atoms with Gasteiger partial charge in [-0.1, -0.05) is 13.8 Å². The highest BCUT2D eigenvalue weighted by molar-refractivity contribution is 5.95. The van der Waals surface area contributed by atoms with Gasteiger partial charge in [-0.05, 0) is 37.5 Å². The lowest BCUT2D eigenvalue weighted by Gasteiger charge is -2.09. The summed E-state index contributed by atoms with van der Waals surface area (Å²) < 4.78 is 10.3. The average molecular weight is 278 g/mol. The van der Waals surface area contributed by atoms with Crippen LogP contribution in [0.15, 0.2) is 23.3 Å². The summed E-state index contributed by atoms with van der Waals surface area (Å²) >= 11 is 0. The third-order valence-electron chi connectivity index (χ3n) is 2.70. The van der Waals surface area contributed by atoms with Gasteiger partial charge < -0.3 is 9.47 Å². The molecule has 0 bridgehead atoms. The predicted octanol–water partition coefficient (Wildman–Crippen LogP) is 2.86. The van der Waals surface area contributed by atoms with Gasteiger partial charge in [0.1, 0.15) is 0 Å². The number of hydrazone groups is 1. The van der Waals surface area contributed by atoms with Gasteiger partial charge in [-0.3, -0.25) is 4.79 Å². The minimum absolute atomic E-state index is 0.269. The molecular formula is C15H22N2O3. The maximum absolute atomic E-state index is 12.0. The molecule has 0 radical (unpaired) electrons. The van der Waals surface area contributed by atoms with Crippen LogP contribution >= 0.6 is 0 Å². The molecule has 0 spiro atoms. The van der Waals surface area contributed by atoms with E-state index in [0.29, 0.717) is 23.0 Å². The number of benzene rings is 1. The predicted molar refractivity (Wildman–Crippen MR) is 79.6 cm³/mol. The fraction of sp³-hybridized carbons (Fsp3) is 0.467. The Kier molecular flexibility index (Phi) is 6.03. The largest absolute Gasteiger partial charge is 0.493 e. The fourth-order valence-corrected chi connectivity index (χ4v) is 1.82. The van der Waals surface area contributed by atoms with E-state index in [1.165, 1.54) is 7.11 Å². The first-order chi connectivity index (χ1) is 9.47. The van der Waals surface area contributed by atoms with Crippen molar-refractivity contribution in [2.45, 2.75) is 27.2 Å². The van der Waals surface area contributed by atoms with Gasteiger partial charge in [-0.15, -0.1) is 0 Å². The highest BCUT2D eigenvalue weighted by Crippen LogP contribution is 2.27. The Morgan fingerprint density at radius 1 is 1.25 bits per heavy atom. The second-order valence-electron chi connectivity index (χ2n) is 4.96. The molecule has 1 aromatic carbocycles. The zero-order valence-corrected chi connectivity index (χ0v) is 12.7. The first kappa shape index (κ1) is 16.0. The van der Waals surface area contributed by atoms with Crippen LogP contribution in [0.4, 0.5) is 0 Å². The van der Waals surface area contributed by atoms with E-state index in [0.717, 1.165) is 12.1 Å². The SMILES string of the molecule is COc1ccc(C(=O)N/N=C(\C)CC(C)C)cc1OC. The molecule has 0 atom stereocenters. The minimum atomic E-state index is -0.269. The van der Waals surface area contributed by atoms with Crippen molar-refractivity contribution in [2.75, 3.05) is 14.2 Å². The summed E-state index contributed by atoms with van der Waals surface area (Å²) in [7, 11) is 3.08. The van der Waals surface area contributed by atoms with E-state index in [1.54, 1.807) is 25.3 Å². The molecule has 0 saturated carbocycles. The number of ether oxygens (including phenoxy) is 2. The molecule has 1 aromatic rings. The number of methoxy groups -OCH3 is 2. The quantitative estimate of drug-likeness (QED) is 0.643. The van der Waals surface area contributed by atoms with E-state index in [2.05, 4.69) is 24.4 Å². The van der Waals surface area contributed by atoms with Crippen molar-refractivity contribution in [3.05, 3.63) is 23.8 Å². The summed E-state index contributed by atoms with van der Waals surface area (Å²) in [5, 5.41) is 4.08. The van der Waals surface area contributed by atoms with E-state index in [4.69, 9.17) is 9.47 Å².